The topological polar surface area (TPSA) is 65.9 Å². The fourth-order valence-corrected chi connectivity index (χ4v) is 4.88. The largest absolute Gasteiger partial charge is 0.477 e. The number of aliphatic carboxylic acids is 1. The highest BCUT2D eigenvalue weighted by Crippen LogP contribution is 2.45. The van der Waals surface area contributed by atoms with Crippen molar-refractivity contribution in [3.05, 3.63) is 48.2 Å². The van der Waals surface area contributed by atoms with Crippen LogP contribution < -0.4 is 4.57 Å². The van der Waals surface area contributed by atoms with Gasteiger partial charge in [0.2, 0.25) is 5.69 Å². The second kappa shape index (κ2) is 4.61. The monoisotopic (exact) mass is 330 g/mol. The van der Waals surface area contributed by atoms with Crippen molar-refractivity contribution in [3.63, 3.8) is 0 Å². The quantitative estimate of drug-likeness (QED) is 0.662. The fourth-order valence-electron chi connectivity index (χ4n) is 3.55. The number of rotatable bonds is 2. The van der Waals surface area contributed by atoms with Gasteiger partial charge in [-0.25, -0.2) is 4.79 Å². The van der Waals surface area contributed by atoms with Gasteiger partial charge in [0.25, 0.3) is 5.54 Å². The summed E-state index contributed by atoms with van der Waals surface area (Å²) in [4.78, 5) is 25.6. The van der Waals surface area contributed by atoms with Gasteiger partial charge in [-0.1, -0.05) is 0 Å². The van der Waals surface area contributed by atoms with Crippen molar-refractivity contribution in [2.24, 2.45) is 0 Å². The number of hydrogen-bond donors (Lipinski definition) is 1. The smallest absolute Gasteiger partial charge is 0.352 e. The van der Waals surface area contributed by atoms with E-state index in [4.69, 9.17) is 0 Å². The highest BCUT2D eigenvalue weighted by molar-refractivity contribution is 8.00. The van der Waals surface area contributed by atoms with Crippen LogP contribution in [0.15, 0.2) is 42.5 Å². The summed E-state index contributed by atoms with van der Waals surface area (Å²) in [5.74, 6) is -0.625. The van der Waals surface area contributed by atoms with Crippen molar-refractivity contribution in [3.8, 4) is 0 Å². The minimum atomic E-state index is -1.05. The highest BCUT2D eigenvalue weighted by Gasteiger charge is 2.68. The van der Waals surface area contributed by atoms with Crippen LogP contribution >= 0.6 is 11.8 Å². The summed E-state index contributed by atoms with van der Waals surface area (Å²) in [7, 11) is 0. The van der Waals surface area contributed by atoms with E-state index in [1.807, 2.05) is 53.5 Å². The Morgan fingerprint density at radius 2 is 2.26 bits per heavy atom. The zero-order valence-electron chi connectivity index (χ0n) is 12.8. The number of fused-ring (bicyclic) bond motifs is 2. The number of β-lactam (4-membered cyclic amide) rings is 1. The van der Waals surface area contributed by atoms with E-state index in [1.165, 1.54) is 4.90 Å². The lowest BCUT2D eigenvalue weighted by atomic mass is 9.88. The average molecular weight is 330 g/mol. The van der Waals surface area contributed by atoms with Crippen LogP contribution in [-0.4, -0.2) is 37.4 Å². The Hall–Kier alpha value is -2.28. The summed E-state index contributed by atoms with van der Waals surface area (Å²) in [6.07, 6.45) is 7.39. The fraction of sp³-hybridized carbons (Fsp3) is 0.312. The maximum absolute atomic E-state index is 12.8. The van der Waals surface area contributed by atoms with Gasteiger partial charge in [0.1, 0.15) is 11.2 Å². The first kappa shape index (κ1) is 14.3. The molecule has 6 nitrogen and oxygen atoms in total. The number of carboxylic acids is 1. The van der Waals surface area contributed by atoms with E-state index in [1.54, 1.807) is 17.8 Å². The standard InChI is InChI=1S/C16H15N3O3S/c1-10-11-4-3-6-17(11)7-8-18(10)16(2)14(22)19-12(13(20)21)5-9-23-15(16)19/h3-8,15H,9H2,1-2H3/p+1/t15-,16?/m0/s1. The molecule has 1 unspecified atom stereocenters. The number of aromatic nitrogens is 2. The molecule has 118 valence electrons. The van der Waals surface area contributed by atoms with Crippen LogP contribution in [0.1, 0.15) is 12.6 Å². The molecule has 1 saturated heterocycles. The van der Waals surface area contributed by atoms with Crippen molar-refractivity contribution in [2.45, 2.75) is 24.8 Å². The SMILES string of the molecule is Cc1c2cccn2cc[n+]1C1(C)C(=O)N2C(C(=O)O)=CCS[C@H]21. The van der Waals surface area contributed by atoms with Gasteiger partial charge in [-0.15, -0.1) is 11.8 Å². The van der Waals surface area contributed by atoms with Crippen molar-refractivity contribution in [1.82, 2.24) is 9.30 Å². The van der Waals surface area contributed by atoms with E-state index in [2.05, 4.69) is 0 Å². The predicted molar refractivity (Wildman–Crippen MR) is 84.8 cm³/mol. The number of hydrogen-bond acceptors (Lipinski definition) is 3. The lowest BCUT2D eigenvalue weighted by Crippen LogP contribution is -2.81. The van der Waals surface area contributed by atoms with Gasteiger partial charge < -0.3 is 9.51 Å². The zero-order valence-corrected chi connectivity index (χ0v) is 13.6. The van der Waals surface area contributed by atoms with Crippen molar-refractivity contribution in [2.75, 3.05) is 5.75 Å². The Bertz CT molecular complexity index is 888. The summed E-state index contributed by atoms with van der Waals surface area (Å²) >= 11 is 1.59. The van der Waals surface area contributed by atoms with Gasteiger partial charge in [0.15, 0.2) is 11.6 Å². The summed E-state index contributed by atoms with van der Waals surface area (Å²) in [5.41, 5.74) is 1.35. The van der Waals surface area contributed by atoms with E-state index >= 15 is 0 Å². The third-order valence-electron chi connectivity index (χ3n) is 4.76. The van der Waals surface area contributed by atoms with E-state index in [9.17, 15) is 14.7 Å². The van der Waals surface area contributed by atoms with Crippen molar-refractivity contribution in [1.29, 1.82) is 0 Å². The van der Waals surface area contributed by atoms with Crippen LogP contribution in [0.3, 0.4) is 0 Å². The number of aryl methyl sites for hydroxylation is 1. The number of carbonyl (C=O) groups excluding carboxylic acids is 1. The molecule has 2 atom stereocenters. The molecule has 4 rings (SSSR count). The molecule has 1 fully saturated rings. The van der Waals surface area contributed by atoms with Crippen molar-refractivity contribution < 1.29 is 19.3 Å². The number of carbonyl (C=O) groups is 2. The number of carboxylic acid groups (broad SMARTS) is 1. The molecule has 0 aliphatic carbocycles. The van der Waals surface area contributed by atoms with Gasteiger partial charge >= 0.3 is 11.9 Å². The second-order valence-corrected chi connectivity index (χ2v) is 7.07. The first-order chi connectivity index (χ1) is 11.0. The maximum atomic E-state index is 12.8. The van der Waals surface area contributed by atoms with Crippen LogP contribution in [0.2, 0.25) is 0 Å². The second-order valence-electron chi connectivity index (χ2n) is 5.96. The van der Waals surface area contributed by atoms with E-state index in [0.29, 0.717) is 5.75 Å². The van der Waals surface area contributed by atoms with Gasteiger partial charge in [-0.2, -0.15) is 4.57 Å². The molecule has 2 aromatic rings. The Morgan fingerprint density at radius 1 is 1.48 bits per heavy atom. The molecule has 2 aliphatic heterocycles. The molecule has 0 spiro atoms. The third kappa shape index (κ3) is 1.68. The van der Waals surface area contributed by atoms with Crippen molar-refractivity contribution >= 4 is 29.2 Å². The van der Waals surface area contributed by atoms with Crippen LogP contribution in [0.25, 0.3) is 5.52 Å². The van der Waals surface area contributed by atoms with Crippen LogP contribution in [-0.2, 0) is 15.1 Å². The lowest BCUT2D eigenvalue weighted by molar-refractivity contribution is -0.760. The summed E-state index contributed by atoms with van der Waals surface area (Å²) in [6.45, 7) is 3.87. The molecular formula is C16H16N3O3S+. The maximum Gasteiger partial charge on any atom is 0.352 e. The summed E-state index contributed by atoms with van der Waals surface area (Å²) < 4.78 is 3.98. The van der Waals surface area contributed by atoms with Gasteiger partial charge in [-0.05, 0) is 18.2 Å². The summed E-state index contributed by atoms with van der Waals surface area (Å²) in [5, 5.41) is 9.10. The Kier molecular flexibility index (Phi) is 2.87. The van der Waals surface area contributed by atoms with Gasteiger partial charge in [-0.3, -0.25) is 9.69 Å². The number of thioether (sulfide) groups is 1. The highest BCUT2D eigenvalue weighted by atomic mass is 32.2. The molecule has 2 aromatic heterocycles. The van der Waals surface area contributed by atoms with Crippen LogP contribution in [0, 0.1) is 6.92 Å². The zero-order chi connectivity index (χ0) is 16.4. The molecular weight excluding hydrogens is 314 g/mol. The molecule has 0 aromatic carbocycles. The molecule has 0 saturated carbocycles. The minimum Gasteiger partial charge on any atom is -0.477 e. The lowest BCUT2D eigenvalue weighted by Gasteiger charge is -2.50. The number of amides is 1. The molecule has 4 heterocycles. The Labute approximate surface area is 137 Å². The van der Waals surface area contributed by atoms with Crippen LogP contribution in [0.4, 0.5) is 0 Å². The van der Waals surface area contributed by atoms with Gasteiger partial charge in [0, 0.05) is 25.8 Å². The summed E-state index contributed by atoms with van der Waals surface area (Å²) in [6, 6.07) is 3.97. The molecule has 23 heavy (non-hydrogen) atoms. The number of nitrogens with zero attached hydrogens (tertiary/aromatic N) is 3. The predicted octanol–water partition coefficient (Wildman–Crippen LogP) is 1.13. The normalized spacial score (nSPS) is 26.7. The van der Waals surface area contributed by atoms with Crippen LogP contribution in [0.5, 0.6) is 0 Å². The van der Waals surface area contributed by atoms with E-state index < -0.39 is 11.5 Å². The first-order valence-corrected chi connectivity index (χ1v) is 8.38. The molecule has 1 amide bonds. The molecule has 0 radical (unpaired) electrons. The van der Waals surface area contributed by atoms with Gasteiger partial charge in [0.05, 0.1) is 6.20 Å². The average Bonchev–Trinajstić information content (AvgIpc) is 3.03. The van der Waals surface area contributed by atoms with E-state index in [-0.39, 0.29) is 17.0 Å². The molecule has 1 N–H and O–H groups in total. The first-order valence-electron chi connectivity index (χ1n) is 7.33. The Balaban J connectivity index is 1.83. The Morgan fingerprint density at radius 3 is 3.00 bits per heavy atom. The minimum absolute atomic E-state index is 0.0956. The van der Waals surface area contributed by atoms with E-state index in [0.717, 1.165) is 11.2 Å². The third-order valence-corrected chi connectivity index (χ3v) is 6.11. The molecule has 7 heteroatoms. The molecule has 0 bridgehead atoms. The molecule has 2 aliphatic rings.